The Bertz CT molecular complexity index is 324. The summed E-state index contributed by atoms with van der Waals surface area (Å²) in [7, 11) is 1.72. The summed E-state index contributed by atoms with van der Waals surface area (Å²) in [6, 6.07) is 0. The van der Waals surface area contributed by atoms with Gasteiger partial charge in [-0.1, -0.05) is 19.3 Å². The van der Waals surface area contributed by atoms with Crippen molar-refractivity contribution in [2.24, 2.45) is 5.41 Å². The Balaban J connectivity index is 2.28. The standard InChI is InChI=1S/C16H29NO4/c1-21-12-11-16(9-5-2-6-10-16)13-17-14(18)7-3-4-8-15(19)20/h2-13H2,1H3,(H,17,18)(H,19,20). The molecule has 2 N–H and O–H groups in total. The second-order valence-corrected chi connectivity index (χ2v) is 6.18. The molecule has 1 rings (SSSR count). The van der Waals surface area contributed by atoms with Crippen molar-refractivity contribution in [3.05, 3.63) is 0 Å². The van der Waals surface area contributed by atoms with Gasteiger partial charge in [-0.15, -0.1) is 0 Å². The van der Waals surface area contributed by atoms with Crippen LogP contribution in [0.1, 0.15) is 64.2 Å². The van der Waals surface area contributed by atoms with Crippen LogP contribution in [0.3, 0.4) is 0 Å². The van der Waals surface area contributed by atoms with Gasteiger partial charge in [0.2, 0.25) is 5.91 Å². The van der Waals surface area contributed by atoms with E-state index in [9.17, 15) is 9.59 Å². The van der Waals surface area contributed by atoms with Crippen LogP contribution in [-0.4, -0.2) is 37.2 Å². The minimum absolute atomic E-state index is 0.0442. The van der Waals surface area contributed by atoms with Gasteiger partial charge in [-0.25, -0.2) is 0 Å². The fourth-order valence-electron chi connectivity index (χ4n) is 3.07. The Kier molecular flexibility index (Phi) is 8.35. The van der Waals surface area contributed by atoms with Crippen LogP contribution in [-0.2, 0) is 14.3 Å². The zero-order chi connectivity index (χ0) is 15.6. The van der Waals surface area contributed by atoms with Gasteiger partial charge < -0.3 is 15.2 Å². The van der Waals surface area contributed by atoms with Crippen molar-refractivity contribution in [1.29, 1.82) is 0 Å². The normalized spacial score (nSPS) is 17.4. The molecule has 122 valence electrons. The average molecular weight is 299 g/mol. The van der Waals surface area contributed by atoms with Gasteiger partial charge in [0, 0.05) is 33.1 Å². The van der Waals surface area contributed by atoms with E-state index in [2.05, 4.69) is 5.32 Å². The number of aliphatic carboxylic acids is 1. The molecule has 1 aliphatic rings. The quantitative estimate of drug-likeness (QED) is 0.608. The first-order valence-electron chi connectivity index (χ1n) is 8.05. The predicted octanol–water partition coefficient (Wildman–Crippen LogP) is 2.73. The van der Waals surface area contributed by atoms with E-state index in [-0.39, 0.29) is 17.7 Å². The molecule has 0 aliphatic heterocycles. The number of rotatable bonds is 10. The summed E-state index contributed by atoms with van der Waals surface area (Å²) >= 11 is 0. The van der Waals surface area contributed by atoms with Gasteiger partial charge in [0.15, 0.2) is 0 Å². The number of hydrogen-bond acceptors (Lipinski definition) is 3. The molecule has 1 fully saturated rings. The second kappa shape index (κ2) is 9.77. The number of methoxy groups -OCH3 is 1. The van der Waals surface area contributed by atoms with E-state index in [0.717, 1.165) is 32.4 Å². The molecule has 0 atom stereocenters. The van der Waals surface area contributed by atoms with Crippen molar-refractivity contribution in [3.63, 3.8) is 0 Å². The topological polar surface area (TPSA) is 75.6 Å². The molecule has 0 aromatic rings. The molecule has 0 heterocycles. The van der Waals surface area contributed by atoms with E-state index in [4.69, 9.17) is 9.84 Å². The van der Waals surface area contributed by atoms with Gasteiger partial charge >= 0.3 is 5.97 Å². The largest absolute Gasteiger partial charge is 0.481 e. The lowest BCUT2D eigenvalue weighted by molar-refractivity contribution is -0.137. The zero-order valence-corrected chi connectivity index (χ0v) is 13.2. The Hall–Kier alpha value is -1.10. The Morgan fingerprint density at radius 1 is 1.14 bits per heavy atom. The highest BCUT2D eigenvalue weighted by Crippen LogP contribution is 2.38. The lowest BCUT2D eigenvalue weighted by Crippen LogP contribution is -2.39. The third-order valence-corrected chi connectivity index (χ3v) is 4.46. The van der Waals surface area contributed by atoms with Crippen molar-refractivity contribution in [1.82, 2.24) is 5.32 Å². The number of carboxylic acid groups (broad SMARTS) is 1. The zero-order valence-electron chi connectivity index (χ0n) is 13.2. The number of hydrogen-bond donors (Lipinski definition) is 2. The Morgan fingerprint density at radius 2 is 1.81 bits per heavy atom. The molecule has 0 aromatic carbocycles. The van der Waals surface area contributed by atoms with E-state index in [1.54, 1.807) is 7.11 Å². The van der Waals surface area contributed by atoms with Gasteiger partial charge in [-0.05, 0) is 37.5 Å². The van der Waals surface area contributed by atoms with Gasteiger partial charge in [0.1, 0.15) is 0 Å². The summed E-state index contributed by atoms with van der Waals surface area (Å²) in [5, 5.41) is 11.6. The van der Waals surface area contributed by atoms with Crippen LogP contribution in [0.5, 0.6) is 0 Å². The fraction of sp³-hybridized carbons (Fsp3) is 0.875. The van der Waals surface area contributed by atoms with Crippen molar-refractivity contribution in [3.8, 4) is 0 Å². The molecule has 1 saturated carbocycles. The van der Waals surface area contributed by atoms with E-state index >= 15 is 0 Å². The highest BCUT2D eigenvalue weighted by atomic mass is 16.5. The number of carboxylic acids is 1. The van der Waals surface area contributed by atoms with E-state index < -0.39 is 5.97 Å². The molecule has 5 heteroatoms. The smallest absolute Gasteiger partial charge is 0.303 e. The van der Waals surface area contributed by atoms with Crippen LogP contribution < -0.4 is 5.32 Å². The highest BCUT2D eigenvalue weighted by Gasteiger charge is 2.31. The van der Waals surface area contributed by atoms with Gasteiger partial charge in [-0.3, -0.25) is 9.59 Å². The monoisotopic (exact) mass is 299 g/mol. The summed E-state index contributed by atoms with van der Waals surface area (Å²) in [6.45, 7) is 1.47. The number of amides is 1. The molecule has 0 radical (unpaired) electrons. The first kappa shape index (κ1) is 18.0. The highest BCUT2D eigenvalue weighted by molar-refractivity contribution is 5.76. The number of ether oxygens (including phenoxy) is 1. The van der Waals surface area contributed by atoms with Crippen LogP contribution in [0.25, 0.3) is 0 Å². The van der Waals surface area contributed by atoms with Crippen molar-refractivity contribution in [2.75, 3.05) is 20.3 Å². The number of carbonyl (C=O) groups excluding carboxylic acids is 1. The molecule has 0 bridgehead atoms. The number of nitrogens with one attached hydrogen (secondary N) is 1. The number of carbonyl (C=O) groups is 2. The molecule has 1 aliphatic carbocycles. The van der Waals surface area contributed by atoms with Crippen molar-refractivity contribution >= 4 is 11.9 Å². The minimum atomic E-state index is -0.795. The molecule has 0 aromatic heterocycles. The van der Waals surface area contributed by atoms with Crippen LogP contribution in [0, 0.1) is 5.41 Å². The molecule has 0 saturated heterocycles. The predicted molar refractivity (Wildman–Crippen MR) is 81.1 cm³/mol. The average Bonchev–Trinajstić information content (AvgIpc) is 2.48. The molecule has 5 nitrogen and oxygen atoms in total. The third kappa shape index (κ3) is 7.46. The summed E-state index contributed by atoms with van der Waals surface area (Å²) in [4.78, 5) is 22.3. The first-order chi connectivity index (χ1) is 10.1. The van der Waals surface area contributed by atoms with Crippen LogP contribution >= 0.6 is 0 Å². The summed E-state index contributed by atoms with van der Waals surface area (Å²) in [5.74, 6) is -0.751. The fourth-order valence-corrected chi connectivity index (χ4v) is 3.07. The molecule has 0 unspecified atom stereocenters. The third-order valence-electron chi connectivity index (χ3n) is 4.46. The molecule has 21 heavy (non-hydrogen) atoms. The SMILES string of the molecule is COCCC1(CNC(=O)CCCCC(=O)O)CCCCC1. The van der Waals surface area contributed by atoms with Crippen LogP contribution in [0.4, 0.5) is 0 Å². The summed E-state index contributed by atoms with van der Waals surface area (Å²) < 4.78 is 5.21. The maximum Gasteiger partial charge on any atom is 0.303 e. The van der Waals surface area contributed by atoms with E-state index in [0.29, 0.717) is 19.3 Å². The van der Waals surface area contributed by atoms with Crippen molar-refractivity contribution in [2.45, 2.75) is 64.2 Å². The maximum atomic E-state index is 11.9. The van der Waals surface area contributed by atoms with Gasteiger partial charge in [-0.2, -0.15) is 0 Å². The number of unbranched alkanes of at least 4 members (excludes halogenated alkanes) is 1. The molecular formula is C16H29NO4. The van der Waals surface area contributed by atoms with Crippen LogP contribution in [0.2, 0.25) is 0 Å². The van der Waals surface area contributed by atoms with Crippen molar-refractivity contribution < 1.29 is 19.4 Å². The lowest BCUT2D eigenvalue weighted by atomic mass is 9.72. The summed E-state index contributed by atoms with van der Waals surface area (Å²) in [5.41, 5.74) is 0.199. The van der Waals surface area contributed by atoms with E-state index in [1.807, 2.05) is 0 Å². The first-order valence-corrected chi connectivity index (χ1v) is 8.05. The lowest BCUT2D eigenvalue weighted by Gasteiger charge is -2.37. The molecule has 1 amide bonds. The Morgan fingerprint density at radius 3 is 2.43 bits per heavy atom. The second-order valence-electron chi connectivity index (χ2n) is 6.18. The van der Waals surface area contributed by atoms with Crippen LogP contribution in [0.15, 0.2) is 0 Å². The molecular weight excluding hydrogens is 270 g/mol. The molecule has 0 spiro atoms. The van der Waals surface area contributed by atoms with Gasteiger partial charge in [0.25, 0.3) is 0 Å². The summed E-state index contributed by atoms with van der Waals surface area (Å²) in [6.07, 6.45) is 8.86. The minimum Gasteiger partial charge on any atom is -0.481 e. The maximum absolute atomic E-state index is 11.9. The van der Waals surface area contributed by atoms with E-state index in [1.165, 1.54) is 19.3 Å². The Labute approximate surface area is 127 Å². The van der Waals surface area contributed by atoms with Gasteiger partial charge in [0.05, 0.1) is 0 Å².